The van der Waals surface area contributed by atoms with E-state index in [9.17, 15) is 9.59 Å². The molecule has 0 saturated carbocycles. The van der Waals surface area contributed by atoms with Crippen molar-refractivity contribution in [1.82, 2.24) is 5.32 Å². The molecule has 1 aromatic carbocycles. The number of ether oxygens (including phenoxy) is 3. The number of rotatable bonds is 5. The molecule has 0 aliphatic carbocycles. The van der Waals surface area contributed by atoms with Crippen LogP contribution in [0, 0.1) is 0 Å². The zero-order chi connectivity index (χ0) is 17.7. The summed E-state index contributed by atoms with van der Waals surface area (Å²) in [5, 5.41) is 2.25. The number of carbonyl (C=O) groups excluding carboxylic acids is 2. The van der Waals surface area contributed by atoms with Gasteiger partial charge in [0.1, 0.15) is 17.5 Å². The Morgan fingerprint density at radius 2 is 2.00 bits per heavy atom. The van der Waals surface area contributed by atoms with Crippen LogP contribution in [-0.2, 0) is 9.53 Å². The molecular formula is C17H25N2O5+. The van der Waals surface area contributed by atoms with Gasteiger partial charge in [-0.1, -0.05) is 0 Å². The van der Waals surface area contributed by atoms with Crippen LogP contribution in [0.1, 0.15) is 31.4 Å². The standard InChI is InChI=1S/C17H24N2O5/c1-11(16(20)18-17(21)24-4)19-9-5-6-14(19)13-10-12(22-2)7-8-15(13)23-3/h7-8,10-11,14H,5-6,9H2,1-4H3,(H,18,20,21)/p+1/t11-,14+/m0/s1. The molecule has 0 bridgehead atoms. The Labute approximate surface area is 141 Å². The zero-order valence-corrected chi connectivity index (χ0v) is 14.5. The Morgan fingerprint density at radius 3 is 2.62 bits per heavy atom. The van der Waals surface area contributed by atoms with E-state index in [1.54, 1.807) is 14.2 Å². The summed E-state index contributed by atoms with van der Waals surface area (Å²) in [5.74, 6) is 1.19. The first-order chi connectivity index (χ1) is 11.5. The largest absolute Gasteiger partial charge is 0.497 e. The van der Waals surface area contributed by atoms with Gasteiger partial charge in [0.2, 0.25) is 0 Å². The molecule has 7 heteroatoms. The van der Waals surface area contributed by atoms with E-state index >= 15 is 0 Å². The predicted octanol–water partition coefficient (Wildman–Crippen LogP) is 0.695. The van der Waals surface area contributed by atoms with Gasteiger partial charge in [-0.25, -0.2) is 4.79 Å². The van der Waals surface area contributed by atoms with Crippen molar-refractivity contribution in [2.24, 2.45) is 0 Å². The molecule has 132 valence electrons. The molecule has 1 aromatic rings. The molecular weight excluding hydrogens is 312 g/mol. The van der Waals surface area contributed by atoms with Crippen LogP contribution >= 0.6 is 0 Å². The minimum atomic E-state index is -0.735. The number of nitrogens with one attached hydrogen (secondary N) is 2. The minimum absolute atomic E-state index is 0.105. The maximum Gasteiger partial charge on any atom is 0.413 e. The molecule has 24 heavy (non-hydrogen) atoms. The molecule has 2 N–H and O–H groups in total. The summed E-state index contributed by atoms with van der Waals surface area (Å²) < 4.78 is 15.3. The van der Waals surface area contributed by atoms with Crippen molar-refractivity contribution in [3.05, 3.63) is 23.8 Å². The fraction of sp³-hybridized carbons (Fsp3) is 0.529. The van der Waals surface area contributed by atoms with Crippen molar-refractivity contribution in [3.8, 4) is 11.5 Å². The third kappa shape index (κ3) is 3.79. The minimum Gasteiger partial charge on any atom is -0.497 e. The maximum atomic E-state index is 12.3. The molecule has 2 rings (SSSR count). The third-order valence-corrected chi connectivity index (χ3v) is 4.58. The van der Waals surface area contributed by atoms with Crippen LogP contribution in [0.15, 0.2) is 18.2 Å². The SMILES string of the molecule is COC(=O)NC(=O)[C@H](C)[NH+]1CCC[C@@H]1c1cc(OC)ccc1OC. The third-order valence-electron chi connectivity index (χ3n) is 4.58. The molecule has 1 saturated heterocycles. The van der Waals surface area contributed by atoms with Gasteiger partial charge in [-0.15, -0.1) is 0 Å². The quantitative estimate of drug-likeness (QED) is 0.827. The van der Waals surface area contributed by atoms with Crippen molar-refractivity contribution in [3.63, 3.8) is 0 Å². The second kappa shape index (κ2) is 8.01. The smallest absolute Gasteiger partial charge is 0.413 e. The lowest BCUT2D eigenvalue weighted by molar-refractivity contribution is -0.932. The Kier molecular flexibility index (Phi) is 6.03. The van der Waals surface area contributed by atoms with Gasteiger partial charge >= 0.3 is 6.09 Å². The van der Waals surface area contributed by atoms with Gasteiger partial charge in [0.05, 0.1) is 33.4 Å². The predicted molar refractivity (Wildman–Crippen MR) is 87.4 cm³/mol. The van der Waals surface area contributed by atoms with Crippen molar-refractivity contribution in [2.75, 3.05) is 27.9 Å². The van der Waals surface area contributed by atoms with E-state index in [4.69, 9.17) is 9.47 Å². The van der Waals surface area contributed by atoms with Crippen LogP contribution in [0.5, 0.6) is 11.5 Å². The summed E-state index contributed by atoms with van der Waals surface area (Å²) in [6.45, 7) is 2.67. The van der Waals surface area contributed by atoms with Gasteiger partial charge in [-0.2, -0.15) is 0 Å². The first-order valence-corrected chi connectivity index (χ1v) is 7.98. The summed E-state index contributed by atoms with van der Waals surface area (Å²) in [5.41, 5.74) is 1.02. The van der Waals surface area contributed by atoms with E-state index in [-0.39, 0.29) is 18.0 Å². The first kappa shape index (κ1) is 18.1. The number of amides is 2. The van der Waals surface area contributed by atoms with Crippen LogP contribution in [0.3, 0.4) is 0 Å². The summed E-state index contributed by atoms with van der Waals surface area (Å²) >= 11 is 0. The number of benzene rings is 1. The van der Waals surface area contributed by atoms with Crippen LogP contribution in [-0.4, -0.2) is 45.9 Å². The second-order valence-electron chi connectivity index (χ2n) is 5.83. The van der Waals surface area contributed by atoms with Gasteiger partial charge in [0, 0.05) is 12.8 Å². The molecule has 7 nitrogen and oxygen atoms in total. The molecule has 2 amide bonds. The molecule has 3 atom stereocenters. The van der Waals surface area contributed by atoms with Crippen LogP contribution in [0.4, 0.5) is 4.79 Å². The van der Waals surface area contributed by atoms with Gasteiger partial charge in [-0.05, 0) is 25.1 Å². The lowest BCUT2D eigenvalue weighted by atomic mass is 10.0. The Balaban J connectivity index is 2.24. The van der Waals surface area contributed by atoms with Gasteiger partial charge in [0.25, 0.3) is 5.91 Å². The lowest BCUT2D eigenvalue weighted by Crippen LogP contribution is -3.15. The molecule has 1 unspecified atom stereocenters. The molecule has 0 radical (unpaired) electrons. The van der Waals surface area contributed by atoms with Crippen molar-refractivity contribution in [2.45, 2.75) is 31.8 Å². The van der Waals surface area contributed by atoms with Crippen molar-refractivity contribution in [1.29, 1.82) is 0 Å². The average Bonchev–Trinajstić information content (AvgIpc) is 3.09. The zero-order valence-electron chi connectivity index (χ0n) is 14.5. The molecule has 1 heterocycles. The van der Waals surface area contributed by atoms with E-state index in [0.29, 0.717) is 0 Å². The molecule has 0 aromatic heterocycles. The topological polar surface area (TPSA) is 78.3 Å². The van der Waals surface area contributed by atoms with Crippen molar-refractivity contribution >= 4 is 12.0 Å². The van der Waals surface area contributed by atoms with Gasteiger partial charge in [0.15, 0.2) is 6.04 Å². The number of methoxy groups -OCH3 is 3. The number of alkyl carbamates (subject to hydrolysis) is 1. The van der Waals surface area contributed by atoms with E-state index < -0.39 is 6.09 Å². The van der Waals surface area contributed by atoms with Crippen molar-refractivity contribution < 1.29 is 28.7 Å². The molecule has 1 aliphatic heterocycles. The highest BCUT2D eigenvalue weighted by Gasteiger charge is 2.39. The number of imide groups is 1. The first-order valence-electron chi connectivity index (χ1n) is 7.98. The maximum absolute atomic E-state index is 12.3. The Morgan fingerprint density at radius 1 is 1.25 bits per heavy atom. The molecule has 1 aliphatic rings. The molecule has 0 spiro atoms. The Bertz CT molecular complexity index is 605. The highest BCUT2D eigenvalue weighted by atomic mass is 16.5. The van der Waals surface area contributed by atoms with Gasteiger partial charge in [-0.3, -0.25) is 10.1 Å². The number of hydrogen-bond acceptors (Lipinski definition) is 5. The molecule has 1 fully saturated rings. The van der Waals surface area contributed by atoms with Crippen LogP contribution < -0.4 is 19.7 Å². The van der Waals surface area contributed by atoms with Gasteiger partial charge < -0.3 is 19.1 Å². The monoisotopic (exact) mass is 337 g/mol. The highest BCUT2D eigenvalue weighted by Crippen LogP contribution is 2.31. The number of hydrogen-bond donors (Lipinski definition) is 2. The summed E-state index contributed by atoms with van der Waals surface area (Å²) in [6.07, 6.45) is 1.20. The Hall–Kier alpha value is -2.28. The highest BCUT2D eigenvalue weighted by molar-refractivity contribution is 5.93. The summed E-state index contributed by atoms with van der Waals surface area (Å²) in [6, 6.07) is 5.41. The fourth-order valence-corrected chi connectivity index (χ4v) is 3.28. The number of carbonyl (C=O) groups is 2. The van der Waals surface area contributed by atoms with E-state index in [2.05, 4.69) is 10.1 Å². The van der Waals surface area contributed by atoms with E-state index in [1.807, 2.05) is 25.1 Å². The fourth-order valence-electron chi connectivity index (χ4n) is 3.28. The normalized spacial score (nSPS) is 21.0. The number of likely N-dealkylation sites (tertiary alicyclic amines) is 1. The van der Waals surface area contributed by atoms with Crippen LogP contribution in [0.2, 0.25) is 0 Å². The summed E-state index contributed by atoms with van der Waals surface area (Å²) in [7, 11) is 4.49. The summed E-state index contributed by atoms with van der Waals surface area (Å²) in [4.78, 5) is 24.6. The average molecular weight is 337 g/mol. The number of quaternary nitrogens is 1. The van der Waals surface area contributed by atoms with E-state index in [1.165, 1.54) is 7.11 Å². The van der Waals surface area contributed by atoms with E-state index in [0.717, 1.165) is 41.3 Å². The lowest BCUT2D eigenvalue weighted by Gasteiger charge is -2.27. The second-order valence-corrected chi connectivity index (χ2v) is 5.83. The van der Waals surface area contributed by atoms with Crippen LogP contribution in [0.25, 0.3) is 0 Å².